The number of ether oxygens (including phenoxy) is 1. The Morgan fingerprint density at radius 1 is 0.697 bits per heavy atom. The molecular weight excluding hydrogens is 1350 g/mol. The maximum absolute atomic E-state index is 13.4. The number of aromatic nitrogens is 7. The molecule has 5 unspecified atom stereocenters. The Balaban J connectivity index is 0.000000245. The number of allylic oxidation sites excluding steroid dienone is 4. The number of hydrogen-bond donors (Lipinski definition) is 2. The van der Waals surface area contributed by atoms with Gasteiger partial charge in [0.05, 0.1) is 29.3 Å². The Morgan fingerprint density at radius 3 is 1.67 bits per heavy atom. The van der Waals surface area contributed by atoms with E-state index >= 15 is 0 Å². The van der Waals surface area contributed by atoms with Crippen molar-refractivity contribution in [2.45, 2.75) is 98.3 Å². The second-order valence-electron chi connectivity index (χ2n) is 20.6. The molecule has 0 fully saturated rings. The monoisotopic (exact) mass is 1420 g/mol. The van der Waals surface area contributed by atoms with Gasteiger partial charge < -0.3 is 19.8 Å². The predicted molar refractivity (Wildman–Crippen MR) is 335 cm³/mol. The summed E-state index contributed by atoms with van der Waals surface area (Å²) >= 11 is 4.24. The molecule has 9 aromatic rings. The van der Waals surface area contributed by atoms with Crippen molar-refractivity contribution in [3.63, 3.8) is 0 Å². The van der Waals surface area contributed by atoms with Gasteiger partial charge in [0.2, 0.25) is 5.82 Å². The second kappa shape index (κ2) is 31.9. The first-order valence-corrected chi connectivity index (χ1v) is 30.8. The standard InChI is InChI=1S/C42H42N8O2.C8H7F3O2S.2C8H8F2S.Eu/c1-9-48(10-2)35-17-15-28(16-18-36-43-41(49-25(5)19-23(3)46-49)45-42(44-36)50-26(6)20-24(4)47-50)31-21-33-34(22-32(31)35)39-30-14-12-11-13-29(30)37(33)27(7)38(39)40(51)52-8;9-8(10,11)7(13)4-5(12)6-2-1-3-14-6;2*9-8(10)5-1-3-7-4-2-6-11-7;/h11-15,17,19-22,27,37-39H,9-10H2,1-8H3;1-4,7,12-13H;2*1-2,4-6,8H,3H2;. The number of nitrogens with zero attached hydrogens (tertiary/aromatic N) is 8. The van der Waals surface area contributed by atoms with Crippen LogP contribution in [0.1, 0.15) is 104 Å². The van der Waals surface area contributed by atoms with Crippen molar-refractivity contribution in [3.05, 3.63) is 215 Å². The van der Waals surface area contributed by atoms with Crippen LogP contribution >= 0.6 is 34.0 Å². The number of halogens is 7. The van der Waals surface area contributed by atoms with Crippen molar-refractivity contribution in [1.82, 2.24) is 34.5 Å². The molecule has 0 saturated carbocycles. The van der Waals surface area contributed by atoms with E-state index in [1.165, 1.54) is 47.6 Å². The van der Waals surface area contributed by atoms with Crippen LogP contribution in [0.2, 0.25) is 0 Å². The number of anilines is 1. The van der Waals surface area contributed by atoms with Gasteiger partial charge >= 0.3 is 12.1 Å². The van der Waals surface area contributed by atoms with E-state index in [-0.39, 0.29) is 83.9 Å². The van der Waals surface area contributed by atoms with Crippen LogP contribution < -0.4 is 4.90 Å². The molecule has 6 heterocycles. The van der Waals surface area contributed by atoms with Crippen molar-refractivity contribution >= 4 is 62.2 Å². The summed E-state index contributed by atoms with van der Waals surface area (Å²) < 4.78 is 90.7. The van der Waals surface area contributed by atoms with Crippen molar-refractivity contribution in [2.75, 3.05) is 25.1 Å². The minimum absolute atomic E-state index is 0. The number of benzene rings is 3. The van der Waals surface area contributed by atoms with Gasteiger partial charge in [-0.15, -0.1) is 34.0 Å². The third-order valence-electron chi connectivity index (χ3n) is 14.7. The largest absolute Gasteiger partial charge is 0.507 e. The van der Waals surface area contributed by atoms with E-state index in [4.69, 9.17) is 29.9 Å². The SMILES string of the molecule is CCN(CC)c1ccc(C#Cc2nc(-n3nc(C)cc3C)nc(-n3nc(C)cc3C)n2)c2cc3c(cc12)C1c2ccccc2C3C(C)C1C(=O)OC.FC(F)C=CCc1cccs1.FC(F)C=CCc1cccs1.OC(=CC(O)C(F)(F)F)c1cccs1.[Eu]. The van der Waals surface area contributed by atoms with Crippen LogP contribution in [-0.2, 0) is 22.4 Å². The summed E-state index contributed by atoms with van der Waals surface area (Å²) in [7, 11) is 1.50. The predicted octanol–water partition coefficient (Wildman–Crippen LogP) is 15.7. The Hall–Kier alpha value is -6.65. The van der Waals surface area contributed by atoms with Crippen LogP contribution in [0.5, 0.6) is 0 Å². The zero-order chi connectivity index (χ0) is 63.4. The number of aliphatic hydroxyl groups is 2. The number of fused-ring (bicyclic) bond motifs is 2. The van der Waals surface area contributed by atoms with Gasteiger partial charge in [0, 0.05) is 112 Å². The van der Waals surface area contributed by atoms with E-state index in [9.17, 15) is 35.5 Å². The molecule has 3 aliphatic carbocycles. The van der Waals surface area contributed by atoms with Gasteiger partial charge in [-0.3, -0.25) is 4.79 Å². The van der Waals surface area contributed by atoms with Gasteiger partial charge in [0.1, 0.15) is 5.76 Å². The molecule has 23 heteroatoms. The van der Waals surface area contributed by atoms with Crippen molar-refractivity contribution < 1.29 is 99.9 Å². The van der Waals surface area contributed by atoms with E-state index in [2.05, 4.69) is 96.2 Å². The molecule has 12 nitrogen and oxygen atoms in total. The van der Waals surface area contributed by atoms with E-state index in [1.54, 1.807) is 43.5 Å². The van der Waals surface area contributed by atoms with Crippen LogP contribution in [0.15, 0.2) is 144 Å². The molecule has 0 spiro atoms. The first kappa shape index (κ1) is 69.8. The summed E-state index contributed by atoms with van der Waals surface area (Å²) in [6.07, 6.45) is -5.61. The Labute approximate surface area is 565 Å². The third-order valence-corrected chi connectivity index (χ3v) is 17.4. The maximum Gasteiger partial charge on any atom is 0.418 e. The van der Waals surface area contributed by atoms with E-state index in [1.807, 2.05) is 74.9 Å². The first-order chi connectivity index (χ1) is 42.1. The minimum atomic E-state index is -4.74. The average molecular weight is 1420 g/mol. The number of hydrogen-bond acceptors (Lipinski definition) is 13. The number of alkyl halides is 7. The van der Waals surface area contributed by atoms with Crippen LogP contribution in [0.25, 0.3) is 28.4 Å². The normalized spacial score (nSPS) is 16.1. The average Bonchev–Trinajstić information content (AvgIpc) is 1.65. The summed E-state index contributed by atoms with van der Waals surface area (Å²) in [5.74, 6) is 6.92. The Bertz CT molecular complexity index is 3850. The summed E-state index contributed by atoms with van der Waals surface area (Å²) in [5.41, 5.74) is 10.5. The Morgan fingerprint density at radius 2 is 1.21 bits per heavy atom. The zero-order valence-electron chi connectivity index (χ0n) is 49.8. The maximum atomic E-state index is 13.4. The first-order valence-electron chi connectivity index (χ1n) is 28.1. The van der Waals surface area contributed by atoms with Gasteiger partial charge in [0.15, 0.2) is 6.10 Å². The topological polar surface area (TPSA) is 144 Å². The molecule has 5 atom stereocenters. The Kier molecular flexibility index (Phi) is 25.0. The quantitative estimate of drug-likeness (QED) is 0.0355. The fourth-order valence-electron chi connectivity index (χ4n) is 10.8. The van der Waals surface area contributed by atoms with Crippen molar-refractivity contribution in [2.24, 2.45) is 11.8 Å². The smallest absolute Gasteiger partial charge is 0.418 e. The minimum Gasteiger partial charge on any atom is -0.507 e. The van der Waals surface area contributed by atoms with Crippen molar-refractivity contribution in [3.8, 4) is 23.7 Å². The summed E-state index contributed by atoms with van der Waals surface area (Å²) in [4.78, 5) is 32.6. The molecule has 2 N–H and O–H groups in total. The van der Waals surface area contributed by atoms with Gasteiger partial charge in [-0.2, -0.15) is 38.3 Å². The van der Waals surface area contributed by atoms with Crippen LogP contribution in [-0.4, -0.2) is 96.0 Å². The number of thiophene rings is 3. The zero-order valence-corrected chi connectivity index (χ0v) is 54.6. The molecular formula is C66H65EuF7N8O4S3. The molecule has 467 valence electrons. The van der Waals surface area contributed by atoms with Crippen LogP contribution in [0.4, 0.5) is 36.4 Å². The van der Waals surface area contributed by atoms with E-state index in [0.717, 1.165) is 91.1 Å². The number of aliphatic hydroxyl groups excluding tert-OH is 2. The second-order valence-corrected chi connectivity index (χ2v) is 23.6. The summed E-state index contributed by atoms with van der Waals surface area (Å²) in [5, 5.41) is 34.7. The molecule has 1 radical (unpaired) electrons. The van der Waals surface area contributed by atoms with Gasteiger partial charge in [-0.1, -0.05) is 67.5 Å². The molecule has 2 bridgehead atoms. The fourth-order valence-corrected chi connectivity index (χ4v) is 12.8. The van der Waals surface area contributed by atoms with E-state index in [0.29, 0.717) is 36.6 Å². The van der Waals surface area contributed by atoms with Crippen LogP contribution in [0, 0.1) is 101 Å². The summed E-state index contributed by atoms with van der Waals surface area (Å²) in [6, 6.07) is 32.2. The molecule has 0 saturated heterocycles. The molecule has 3 aliphatic rings. The number of carbonyl (C=O) groups excluding carboxylic acids is 1. The number of carbonyl (C=O) groups is 1. The molecule has 3 aromatic carbocycles. The fraction of sp³-hybridized carbons (Fsp3) is 0.303. The number of methoxy groups -OCH3 is 1. The number of esters is 1. The van der Waals surface area contributed by atoms with Gasteiger partial charge in [-0.25, -0.2) is 26.9 Å². The molecule has 12 rings (SSSR count). The van der Waals surface area contributed by atoms with Gasteiger partial charge in [0.25, 0.3) is 24.7 Å². The van der Waals surface area contributed by atoms with E-state index < -0.39 is 30.9 Å². The van der Waals surface area contributed by atoms with Crippen molar-refractivity contribution in [1.29, 1.82) is 0 Å². The summed E-state index contributed by atoms with van der Waals surface area (Å²) in [6.45, 7) is 16.1. The molecule has 0 aliphatic heterocycles. The third kappa shape index (κ3) is 17.4. The molecule has 0 amide bonds. The molecule has 6 aromatic heterocycles. The molecule has 89 heavy (non-hydrogen) atoms. The number of rotatable bonds is 14. The van der Waals surface area contributed by atoms with Crippen LogP contribution in [0.3, 0.4) is 0 Å². The number of aryl methyl sites for hydroxylation is 4. The van der Waals surface area contributed by atoms with Gasteiger partial charge in [-0.05, 0) is 183 Å².